The Morgan fingerprint density at radius 2 is 1.79 bits per heavy atom. The largest absolute Gasteiger partial charge is 0.497 e. The molecule has 0 aromatic heterocycles. The molecule has 0 saturated carbocycles. The molecular weight excluding hydrogens is 470 g/mol. The summed E-state index contributed by atoms with van der Waals surface area (Å²) in [6, 6.07) is 24.1. The van der Waals surface area contributed by atoms with Gasteiger partial charge in [0.2, 0.25) is 11.8 Å². The van der Waals surface area contributed by atoms with Crippen LogP contribution in [0.1, 0.15) is 12.0 Å². The van der Waals surface area contributed by atoms with E-state index in [1.807, 2.05) is 30.3 Å². The van der Waals surface area contributed by atoms with Gasteiger partial charge in [-0.05, 0) is 60.5 Å². The number of anilines is 1. The van der Waals surface area contributed by atoms with Gasteiger partial charge in [0.15, 0.2) is 5.17 Å². The summed E-state index contributed by atoms with van der Waals surface area (Å²) < 4.78 is 5.16. The molecule has 34 heavy (non-hydrogen) atoms. The number of methoxy groups -OCH3 is 1. The number of halogens is 1. The highest BCUT2D eigenvalue weighted by molar-refractivity contribution is 8.15. The molecular formula is C26H24ClN3O3S. The van der Waals surface area contributed by atoms with E-state index in [2.05, 4.69) is 5.32 Å². The molecule has 1 unspecified atom stereocenters. The van der Waals surface area contributed by atoms with E-state index >= 15 is 0 Å². The molecule has 4 rings (SSSR count). The summed E-state index contributed by atoms with van der Waals surface area (Å²) in [4.78, 5) is 32.5. The predicted octanol–water partition coefficient (Wildman–Crippen LogP) is 5.55. The maximum absolute atomic E-state index is 13.1. The lowest BCUT2D eigenvalue weighted by atomic mass is 10.1. The normalized spacial score (nSPS) is 17.0. The van der Waals surface area contributed by atoms with E-state index in [1.54, 1.807) is 60.5 Å². The van der Waals surface area contributed by atoms with Crippen LogP contribution >= 0.6 is 23.4 Å². The quantitative estimate of drug-likeness (QED) is 0.468. The lowest BCUT2D eigenvalue weighted by molar-refractivity contribution is -0.129. The molecule has 8 heteroatoms. The van der Waals surface area contributed by atoms with Crippen LogP contribution in [0.4, 0.5) is 11.4 Å². The van der Waals surface area contributed by atoms with Crippen LogP contribution in [0.15, 0.2) is 83.9 Å². The van der Waals surface area contributed by atoms with Gasteiger partial charge in [0.05, 0.1) is 12.8 Å². The van der Waals surface area contributed by atoms with Crippen LogP contribution < -0.4 is 10.1 Å². The van der Waals surface area contributed by atoms with Crippen LogP contribution in [0.3, 0.4) is 0 Å². The van der Waals surface area contributed by atoms with E-state index in [1.165, 1.54) is 11.8 Å². The minimum atomic E-state index is -0.589. The van der Waals surface area contributed by atoms with Crippen LogP contribution in [0, 0.1) is 0 Å². The maximum Gasteiger partial charge on any atom is 0.238 e. The zero-order chi connectivity index (χ0) is 23.9. The van der Waals surface area contributed by atoms with Crippen molar-refractivity contribution in [2.75, 3.05) is 19.0 Å². The molecule has 6 nitrogen and oxygen atoms in total. The third kappa shape index (κ3) is 6.18. The van der Waals surface area contributed by atoms with Gasteiger partial charge in [-0.1, -0.05) is 53.7 Å². The third-order valence-electron chi connectivity index (χ3n) is 5.31. The summed E-state index contributed by atoms with van der Waals surface area (Å²) in [5.74, 6) is 0.332. The van der Waals surface area contributed by atoms with Gasteiger partial charge >= 0.3 is 0 Å². The number of aliphatic imine (C=N–C) groups is 1. The van der Waals surface area contributed by atoms with Gasteiger partial charge in [-0.15, -0.1) is 0 Å². The monoisotopic (exact) mass is 493 g/mol. The number of rotatable bonds is 7. The van der Waals surface area contributed by atoms with Gasteiger partial charge in [0, 0.05) is 23.7 Å². The molecule has 3 aromatic rings. The fourth-order valence-corrected chi connectivity index (χ4v) is 4.72. The number of nitrogens with one attached hydrogen (secondary N) is 1. The van der Waals surface area contributed by atoms with Crippen LogP contribution in [-0.4, -0.2) is 40.8 Å². The molecule has 2 amide bonds. The second kappa shape index (κ2) is 11.2. The van der Waals surface area contributed by atoms with Gasteiger partial charge < -0.3 is 10.1 Å². The molecule has 0 radical (unpaired) electrons. The van der Waals surface area contributed by atoms with Gasteiger partial charge in [-0.3, -0.25) is 14.5 Å². The minimum absolute atomic E-state index is 0.0983. The summed E-state index contributed by atoms with van der Waals surface area (Å²) >= 11 is 7.30. The van der Waals surface area contributed by atoms with Gasteiger partial charge in [0.1, 0.15) is 11.0 Å². The zero-order valence-electron chi connectivity index (χ0n) is 18.6. The lowest BCUT2D eigenvalue weighted by Crippen LogP contribution is -2.46. The number of benzene rings is 3. The van der Waals surface area contributed by atoms with Gasteiger partial charge in [-0.2, -0.15) is 0 Å². The number of carbonyl (C=O) groups excluding carboxylic acids is 2. The molecule has 1 atom stereocenters. The Hall–Kier alpha value is -3.29. The van der Waals surface area contributed by atoms with Gasteiger partial charge in [0.25, 0.3) is 0 Å². The smallest absolute Gasteiger partial charge is 0.238 e. The first-order valence-electron chi connectivity index (χ1n) is 10.8. The Labute approximate surface area is 208 Å². The van der Waals surface area contributed by atoms with E-state index in [0.29, 0.717) is 40.3 Å². The highest BCUT2D eigenvalue weighted by atomic mass is 35.5. The molecule has 0 bridgehead atoms. The van der Waals surface area contributed by atoms with Crippen LogP contribution in [0.2, 0.25) is 5.02 Å². The van der Waals surface area contributed by atoms with Crippen molar-refractivity contribution in [1.29, 1.82) is 0 Å². The van der Waals surface area contributed by atoms with Crippen LogP contribution in [0.25, 0.3) is 0 Å². The van der Waals surface area contributed by atoms with Crippen molar-refractivity contribution in [2.24, 2.45) is 4.99 Å². The number of thioether (sulfide) groups is 1. The number of amidine groups is 1. The Morgan fingerprint density at radius 3 is 2.47 bits per heavy atom. The molecule has 1 aliphatic rings. The minimum Gasteiger partial charge on any atom is -0.497 e. The van der Waals surface area contributed by atoms with E-state index in [0.717, 1.165) is 5.56 Å². The Balaban J connectivity index is 1.53. The lowest BCUT2D eigenvalue weighted by Gasteiger charge is -2.32. The van der Waals surface area contributed by atoms with E-state index in [-0.39, 0.29) is 18.2 Å². The topological polar surface area (TPSA) is 71.0 Å². The van der Waals surface area contributed by atoms with E-state index in [4.69, 9.17) is 21.3 Å². The highest BCUT2D eigenvalue weighted by Gasteiger charge is 2.35. The van der Waals surface area contributed by atoms with Crippen molar-refractivity contribution in [3.05, 3.63) is 89.4 Å². The number of amides is 2. The van der Waals surface area contributed by atoms with Crippen LogP contribution in [0.5, 0.6) is 5.75 Å². The summed E-state index contributed by atoms with van der Waals surface area (Å²) in [6.45, 7) is 0.481. The summed E-state index contributed by atoms with van der Waals surface area (Å²) in [5.41, 5.74) is 2.44. The van der Waals surface area contributed by atoms with E-state index < -0.39 is 5.25 Å². The second-order valence-electron chi connectivity index (χ2n) is 7.68. The standard InChI is InChI=1S/C26H24ClN3O3S/c1-33-22-13-11-20(12-14-22)28-25(32)23-17-24(31)30(16-15-18-5-3-2-4-6-18)26(34-23)29-21-9-7-19(27)8-10-21/h2-14,23H,15-17H2,1H3,(H,28,32). The fourth-order valence-electron chi connectivity index (χ4n) is 3.47. The van der Waals surface area contributed by atoms with Crippen molar-refractivity contribution in [2.45, 2.75) is 18.1 Å². The zero-order valence-corrected chi connectivity index (χ0v) is 20.2. The average molecular weight is 494 g/mol. The third-order valence-corrected chi connectivity index (χ3v) is 6.75. The summed E-state index contributed by atoms with van der Waals surface area (Å²) in [6.07, 6.45) is 0.788. The molecule has 1 fully saturated rings. The van der Waals surface area contributed by atoms with Crippen molar-refractivity contribution in [3.8, 4) is 5.75 Å². The molecule has 1 heterocycles. The van der Waals surface area contributed by atoms with Crippen molar-refractivity contribution >= 4 is 51.7 Å². The maximum atomic E-state index is 13.1. The first-order valence-corrected chi connectivity index (χ1v) is 12.1. The summed E-state index contributed by atoms with van der Waals surface area (Å²) in [5, 5.41) is 3.41. The molecule has 1 aliphatic heterocycles. The average Bonchev–Trinajstić information content (AvgIpc) is 2.86. The Kier molecular flexibility index (Phi) is 7.87. The number of hydrogen-bond donors (Lipinski definition) is 1. The highest BCUT2D eigenvalue weighted by Crippen LogP contribution is 2.30. The molecule has 1 saturated heterocycles. The van der Waals surface area contributed by atoms with Gasteiger partial charge in [-0.25, -0.2) is 4.99 Å². The molecule has 3 aromatic carbocycles. The summed E-state index contributed by atoms with van der Waals surface area (Å²) in [7, 11) is 1.59. The molecule has 174 valence electrons. The van der Waals surface area contributed by atoms with Crippen LogP contribution in [-0.2, 0) is 16.0 Å². The SMILES string of the molecule is COc1ccc(NC(=O)C2CC(=O)N(CCc3ccccc3)C(=Nc3ccc(Cl)cc3)S2)cc1. The number of ether oxygens (including phenoxy) is 1. The Bertz CT molecular complexity index is 1170. The first kappa shape index (κ1) is 23.9. The second-order valence-corrected chi connectivity index (χ2v) is 9.29. The van der Waals surface area contributed by atoms with Crippen molar-refractivity contribution < 1.29 is 14.3 Å². The Morgan fingerprint density at radius 1 is 1.09 bits per heavy atom. The number of carbonyl (C=O) groups is 2. The first-order chi connectivity index (χ1) is 16.5. The molecule has 0 aliphatic carbocycles. The number of nitrogens with zero attached hydrogens (tertiary/aromatic N) is 2. The molecule has 0 spiro atoms. The fraction of sp³-hybridized carbons (Fsp3) is 0.192. The molecule has 1 N–H and O–H groups in total. The number of hydrogen-bond acceptors (Lipinski definition) is 5. The predicted molar refractivity (Wildman–Crippen MR) is 138 cm³/mol. The van der Waals surface area contributed by atoms with Crippen molar-refractivity contribution in [1.82, 2.24) is 4.90 Å². The van der Waals surface area contributed by atoms with E-state index in [9.17, 15) is 9.59 Å². The van der Waals surface area contributed by atoms with Crippen molar-refractivity contribution in [3.63, 3.8) is 0 Å².